The normalized spacial score (nSPS) is 12.7. The van der Waals surface area contributed by atoms with Crippen molar-refractivity contribution in [2.24, 2.45) is 7.05 Å². The third kappa shape index (κ3) is 7.21. The van der Waals surface area contributed by atoms with Gasteiger partial charge in [-0.15, -0.1) is 0 Å². The molecule has 3 N–H and O–H groups in total. The SMILES string of the molecule is CC/C=C(/C=C\c1nc(NC)cn1C)c1ccc(Cl)c(C(=O)NCCC(O)c2ccc(Cl)cc2)c1. The molecule has 0 spiro atoms. The number of aliphatic hydroxyl groups excluding tert-OH is 1. The molecule has 0 fully saturated rings. The molecule has 1 amide bonds. The third-order valence-corrected chi connectivity index (χ3v) is 6.09. The van der Waals surface area contributed by atoms with Crippen LogP contribution in [-0.4, -0.2) is 34.2 Å². The van der Waals surface area contributed by atoms with Crippen LogP contribution in [-0.2, 0) is 7.05 Å². The molecule has 0 aliphatic heterocycles. The van der Waals surface area contributed by atoms with E-state index in [1.54, 1.807) is 36.4 Å². The number of rotatable bonds is 10. The number of benzene rings is 2. The molecule has 2 aromatic carbocycles. The molecule has 0 bridgehead atoms. The molecule has 184 valence electrons. The summed E-state index contributed by atoms with van der Waals surface area (Å²) in [6.45, 7) is 2.36. The molecule has 1 aromatic heterocycles. The first kappa shape index (κ1) is 26.5. The number of carbonyl (C=O) groups is 1. The van der Waals surface area contributed by atoms with Gasteiger partial charge in [0, 0.05) is 31.9 Å². The Morgan fingerprint density at radius 1 is 1.20 bits per heavy atom. The molecule has 0 aliphatic carbocycles. The van der Waals surface area contributed by atoms with Crippen molar-refractivity contribution < 1.29 is 9.90 Å². The molecule has 1 atom stereocenters. The number of hydrogen-bond acceptors (Lipinski definition) is 4. The first-order chi connectivity index (χ1) is 16.8. The van der Waals surface area contributed by atoms with Gasteiger partial charge in [-0.3, -0.25) is 4.79 Å². The summed E-state index contributed by atoms with van der Waals surface area (Å²) in [7, 11) is 3.77. The highest BCUT2D eigenvalue weighted by molar-refractivity contribution is 6.34. The minimum atomic E-state index is -0.701. The predicted molar refractivity (Wildman–Crippen MR) is 145 cm³/mol. The summed E-state index contributed by atoms with van der Waals surface area (Å²) < 4.78 is 1.94. The van der Waals surface area contributed by atoms with Gasteiger partial charge in [-0.1, -0.05) is 60.5 Å². The lowest BCUT2D eigenvalue weighted by atomic mass is 10.0. The number of anilines is 1. The number of aryl methyl sites for hydroxylation is 1. The number of aliphatic hydroxyl groups is 1. The average molecular weight is 513 g/mol. The van der Waals surface area contributed by atoms with Crippen LogP contribution in [0.15, 0.2) is 60.8 Å². The number of aromatic nitrogens is 2. The van der Waals surface area contributed by atoms with E-state index < -0.39 is 6.10 Å². The van der Waals surface area contributed by atoms with Crippen molar-refractivity contribution in [3.05, 3.63) is 93.4 Å². The zero-order valence-corrected chi connectivity index (χ0v) is 21.6. The van der Waals surface area contributed by atoms with E-state index in [0.717, 1.165) is 34.8 Å². The number of carbonyl (C=O) groups excluding carboxylic acids is 1. The standard InChI is InChI=1S/C27H30Cl2N4O2/c1-4-5-18(9-13-26-32-25(30-2)17-33(26)3)20-8-12-23(29)22(16-20)27(35)31-15-14-24(34)19-6-10-21(28)11-7-19/h5-13,16-17,24,30,34H,4,14-15H2,1-3H3,(H,31,35)/b13-9-,18-5-. The summed E-state index contributed by atoms with van der Waals surface area (Å²) in [6.07, 6.45) is 8.42. The lowest BCUT2D eigenvalue weighted by Gasteiger charge is -2.13. The Hall–Kier alpha value is -3.06. The van der Waals surface area contributed by atoms with Crippen LogP contribution in [0.1, 0.15) is 53.2 Å². The Morgan fingerprint density at radius 3 is 2.60 bits per heavy atom. The molecule has 0 saturated heterocycles. The lowest BCUT2D eigenvalue weighted by molar-refractivity contribution is 0.0942. The first-order valence-electron chi connectivity index (χ1n) is 11.4. The minimum Gasteiger partial charge on any atom is -0.388 e. The fraction of sp³-hybridized carbons (Fsp3) is 0.259. The zero-order chi connectivity index (χ0) is 25.4. The maximum absolute atomic E-state index is 12.9. The summed E-state index contributed by atoms with van der Waals surface area (Å²) in [5.74, 6) is 1.31. The molecule has 3 aromatic rings. The van der Waals surface area contributed by atoms with Gasteiger partial charge in [0.1, 0.15) is 11.6 Å². The molecule has 0 aliphatic rings. The molecule has 3 rings (SSSR count). The van der Waals surface area contributed by atoms with E-state index in [0.29, 0.717) is 28.6 Å². The van der Waals surface area contributed by atoms with Crippen molar-refractivity contribution in [1.29, 1.82) is 0 Å². The molecule has 1 unspecified atom stereocenters. The van der Waals surface area contributed by atoms with Crippen molar-refractivity contribution in [2.45, 2.75) is 25.9 Å². The molecule has 0 radical (unpaired) electrons. The van der Waals surface area contributed by atoms with Crippen molar-refractivity contribution in [2.75, 3.05) is 18.9 Å². The number of allylic oxidation sites excluding steroid dienone is 3. The van der Waals surface area contributed by atoms with Crippen LogP contribution in [0.2, 0.25) is 10.0 Å². The second-order valence-corrected chi connectivity index (χ2v) is 8.90. The second kappa shape index (κ2) is 12.6. The quantitative estimate of drug-likeness (QED) is 0.285. The predicted octanol–water partition coefficient (Wildman–Crippen LogP) is 6.13. The molecular weight excluding hydrogens is 483 g/mol. The summed E-state index contributed by atoms with van der Waals surface area (Å²) in [4.78, 5) is 17.4. The smallest absolute Gasteiger partial charge is 0.252 e. The third-order valence-electron chi connectivity index (χ3n) is 5.51. The van der Waals surface area contributed by atoms with Crippen molar-refractivity contribution in [3.8, 4) is 0 Å². The fourth-order valence-electron chi connectivity index (χ4n) is 3.57. The van der Waals surface area contributed by atoms with E-state index in [1.165, 1.54) is 0 Å². The number of nitrogens with one attached hydrogen (secondary N) is 2. The topological polar surface area (TPSA) is 79.2 Å². The van der Waals surface area contributed by atoms with Gasteiger partial charge in [-0.2, -0.15) is 0 Å². The first-order valence-corrected chi connectivity index (χ1v) is 12.2. The van der Waals surface area contributed by atoms with E-state index in [1.807, 2.05) is 43.1 Å². The summed E-state index contributed by atoms with van der Waals surface area (Å²) in [5, 5.41) is 17.2. The highest BCUT2D eigenvalue weighted by Gasteiger charge is 2.14. The van der Waals surface area contributed by atoms with Crippen LogP contribution in [0.3, 0.4) is 0 Å². The Balaban J connectivity index is 1.71. The molecule has 35 heavy (non-hydrogen) atoms. The van der Waals surface area contributed by atoms with E-state index in [9.17, 15) is 9.90 Å². The Kier molecular flexibility index (Phi) is 9.55. The molecule has 0 saturated carbocycles. The second-order valence-electron chi connectivity index (χ2n) is 8.05. The van der Waals surface area contributed by atoms with Gasteiger partial charge in [0.05, 0.1) is 16.7 Å². The van der Waals surface area contributed by atoms with Gasteiger partial charge in [-0.25, -0.2) is 4.98 Å². The van der Waals surface area contributed by atoms with Crippen LogP contribution in [0.5, 0.6) is 0 Å². The number of amides is 1. The van der Waals surface area contributed by atoms with Crippen LogP contribution in [0, 0.1) is 0 Å². The Bertz CT molecular complexity index is 1220. The van der Waals surface area contributed by atoms with Crippen molar-refractivity contribution in [1.82, 2.24) is 14.9 Å². The largest absolute Gasteiger partial charge is 0.388 e. The number of nitrogens with zero attached hydrogens (tertiary/aromatic N) is 2. The maximum atomic E-state index is 12.9. The highest BCUT2D eigenvalue weighted by Crippen LogP contribution is 2.25. The number of hydrogen-bond donors (Lipinski definition) is 3. The van der Waals surface area contributed by atoms with Crippen LogP contribution in [0.4, 0.5) is 5.82 Å². The van der Waals surface area contributed by atoms with Crippen LogP contribution >= 0.6 is 23.2 Å². The van der Waals surface area contributed by atoms with Crippen LogP contribution in [0.25, 0.3) is 11.6 Å². The summed E-state index contributed by atoms with van der Waals surface area (Å²) in [6, 6.07) is 12.4. The molecule has 8 heteroatoms. The highest BCUT2D eigenvalue weighted by atomic mass is 35.5. The Labute approximate surface area is 216 Å². The maximum Gasteiger partial charge on any atom is 0.252 e. The van der Waals surface area contributed by atoms with E-state index >= 15 is 0 Å². The monoisotopic (exact) mass is 512 g/mol. The Morgan fingerprint density at radius 2 is 1.94 bits per heavy atom. The van der Waals surface area contributed by atoms with E-state index in [2.05, 4.69) is 28.6 Å². The van der Waals surface area contributed by atoms with E-state index in [-0.39, 0.29) is 5.91 Å². The molecular formula is C27H30Cl2N4O2. The van der Waals surface area contributed by atoms with Crippen molar-refractivity contribution >= 4 is 46.6 Å². The summed E-state index contributed by atoms with van der Waals surface area (Å²) >= 11 is 12.3. The van der Waals surface area contributed by atoms with E-state index in [4.69, 9.17) is 23.2 Å². The zero-order valence-electron chi connectivity index (χ0n) is 20.1. The lowest BCUT2D eigenvalue weighted by Crippen LogP contribution is -2.26. The number of imidazole rings is 1. The minimum absolute atomic E-state index is 0.289. The molecule has 1 heterocycles. The fourth-order valence-corrected chi connectivity index (χ4v) is 3.90. The van der Waals surface area contributed by atoms with Crippen molar-refractivity contribution in [3.63, 3.8) is 0 Å². The van der Waals surface area contributed by atoms with Gasteiger partial charge in [0.25, 0.3) is 5.91 Å². The van der Waals surface area contributed by atoms with Crippen LogP contribution < -0.4 is 10.6 Å². The average Bonchev–Trinajstić information content (AvgIpc) is 3.22. The molecule has 6 nitrogen and oxygen atoms in total. The van der Waals surface area contributed by atoms with Gasteiger partial charge in [0.2, 0.25) is 0 Å². The van der Waals surface area contributed by atoms with Gasteiger partial charge < -0.3 is 20.3 Å². The van der Waals surface area contributed by atoms with Gasteiger partial charge in [0.15, 0.2) is 0 Å². The summed E-state index contributed by atoms with van der Waals surface area (Å²) in [5.41, 5.74) is 2.97. The number of halogens is 2. The van der Waals surface area contributed by atoms with Gasteiger partial charge >= 0.3 is 0 Å². The van der Waals surface area contributed by atoms with Gasteiger partial charge in [-0.05, 0) is 59.9 Å².